The molecule has 0 rings (SSSR count). The average Bonchev–Trinajstić information content (AvgIpc) is 2.12. The Morgan fingerprint density at radius 1 is 1.46 bits per heavy atom. The zero-order valence-electron chi connectivity index (χ0n) is 9.14. The van der Waals surface area contributed by atoms with Crippen LogP contribution in [0.5, 0.6) is 0 Å². The fourth-order valence-corrected chi connectivity index (χ4v) is 0.818. The zero-order chi connectivity index (χ0) is 10.3. The summed E-state index contributed by atoms with van der Waals surface area (Å²) in [5, 5.41) is 2.89. The van der Waals surface area contributed by atoms with Gasteiger partial charge in [0.15, 0.2) is 0 Å². The first-order valence-electron chi connectivity index (χ1n) is 4.82. The van der Waals surface area contributed by atoms with Gasteiger partial charge in [0.2, 0.25) is 5.91 Å². The number of hydrogen-bond donors (Lipinski definition) is 1. The summed E-state index contributed by atoms with van der Waals surface area (Å²) < 4.78 is 4.88. The Morgan fingerprint density at radius 2 is 2.08 bits per heavy atom. The maximum atomic E-state index is 11.5. The van der Waals surface area contributed by atoms with Crippen molar-refractivity contribution in [1.82, 2.24) is 5.32 Å². The van der Waals surface area contributed by atoms with E-state index in [-0.39, 0.29) is 11.3 Å². The predicted octanol–water partition coefficient (Wildman–Crippen LogP) is 1.58. The lowest BCUT2D eigenvalue weighted by atomic mass is 9.89. The second kappa shape index (κ2) is 5.97. The molecule has 0 saturated carbocycles. The lowest BCUT2D eigenvalue weighted by molar-refractivity contribution is -0.129. The molecule has 13 heavy (non-hydrogen) atoms. The highest BCUT2D eigenvalue weighted by Gasteiger charge is 2.24. The van der Waals surface area contributed by atoms with E-state index in [2.05, 4.69) is 5.32 Å². The molecule has 0 aromatic rings. The van der Waals surface area contributed by atoms with Gasteiger partial charge in [0, 0.05) is 25.7 Å². The summed E-state index contributed by atoms with van der Waals surface area (Å²) >= 11 is 0. The Bertz CT molecular complexity index is 155. The molecule has 0 spiro atoms. The first-order valence-corrected chi connectivity index (χ1v) is 4.82. The van der Waals surface area contributed by atoms with Crippen molar-refractivity contribution >= 4 is 5.91 Å². The number of hydrogen-bond acceptors (Lipinski definition) is 2. The molecule has 0 aromatic heterocycles. The van der Waals surface area contributed by atoms with E-state index in [0.29, 0.717) is 13.2 Å². The van der Waals surface area contributed by atoms with Crippen molar-refractivity contribution in [3.8, 4) is 0 Å². The van der Waals surface area contributed by atoms with Gasteiger partial charge in [-0.25, -0.2) is 0 Å². The standard InChI is InChI=1S/C10H21NO2/c1-5-10(2,3)9(12)11-7-6-8-13-4/h5-8H2,1-4H3,(H,11,12). The van der Waals surface area contributed by atoms with Crippen LogP contribution in [0.25, 0.3) is 0 Å². The summed E-state index contributed by atoms with van der Waals surface area (Å²) in [6.07, 6.45) is 1.74. The van der Waals surface area contributed by atoms with Gasteiger partial charge in [0.05, 0.1) is 0 Å². The highest BCUT2D eigenvalue weighted by atomic mass is 16.5. The van der Waals surface area contributed by atoms with E-state index in [1.165, 1.54) is 0 Å². The molecule has 0 unspecified atom stereocenters. The molecule has 78 valence electrons. The van der Waals surface area contributed by atoms with Gasteiger partial charge in [0.1, 0.15) is 0 Å². The average molecular weight is 187 g/mol. The third-order valence-electron chi connectivity index (χ3n) is 2.31. The van der Waals surface area contributed by atoms with Crippen molar-refractivity contribution in [2.75, 3.05) is 20.3 Å². The summed E-state index contributed by atoms with van der Waals surface area (Å²) in [5.74, 6) is 0.131. The molecule has 0 aliphatic heterocycles. The quantitative estimate of drug-likeness (QED) is 0.641. The third-order valence-corrected chi connectivity index (χ3v) is 2.31. The Morgan fingerprint density at radius 3 is 2.54 bits per heavy atom. The van der Waals surface area contributed by atoms with Gasteiger partial charge in [-0.3, -0.25) is 4.79 Å². The molecule has 0 aliphatic rings. The smallest absolute Gasteiger partial charge is 0.225 e. The molecule has 0 aromatic carbocycles. The van der Waals surface area contributed by atoms with Gasteiger partial charge in [-0.1, -0.05) is 20.8 Å². The second-order valence-corrected chi connectivity index (χ2v) is 3.84. The van der Waals surface area contributed by atoms with Gasteiger partial charge in [-0.2, -0.15) is 0 Å². The van der Waals surface area contributed by atoms with Crippen LogP contribution in [0.1, 0.15) is 33.6 Å². The topological polar surface area (TPSA) is 38.3 Å². The third kappa shape index (κ3) is 4.88. The molecule has 3 nitrogen and oxygen atoms in total. The first-order chi connectivity index (χ1) is 6.04. The van der Waals surface area contributed by atoms with Crippen molar-refractivity contribution in [1.29, 1.82) is 0 Å². The number of ether oxygens (including phenoxy) is 1. The normalized spacial score (nSPS) is 11.4. The minimum absolute atomic E-state index is 0.131. The number of rotatable bonds is 6. The summed E-state index contributed by atoms with van der Waals surface area (Å²) in [4.78, 5) is 11.5. The van der Waals surface area contributed by atoms with Crippen LogP contribution >= 0.6 is 0 Å². The Labute approximate surface area is 80.8 Å². The molecule has 0 saturated heterocycles. The van der Waals surface area contributed by atoms with Crippen molar-refractivity contribution in [2.45, 2.75) is 33.6 Å². The van der Waals surface area contributed by atoms with E-state index >= 15 is 0 Å². The van der Waals surface area contributed by atoms with Crippen LogP contribution in [0.2, 0.25) is 0 Å². The van der Waals surface area contributed by atoms with Gasteiger partial charge < -0.3 is 10.1 Å². The Hall–Kier alpha value is -0.570. The number of carbonyl (C=O) groups excluding carboxylic acids is 1. The van der Waals surface area contributed by atoms with E-state index < -0.39 is 0 Å². The molecule has 0 fully saturated rings. The zero-order valence-corrected chi connectivity index (χ0v) is 9.14. The highest BCUT2D eigenvalue weighted by molar-refractivity contribution is 5.81. The van der Waals surface area contributed by atoms with Crippen LogP contribution in [0.4, 0.5) is 0 Å². The molecule has 3 heteroatoms. The fourth-order valence-electron chi connectivity index (χ4n) is 0.818. The van der Waals surface area contributed by atoms with Crippen LogP contribution in [0.15, 0.2) is 0 Å². The molecule has 0 atom stereocenters. The van der Waals surface area contributed by atoms with Crippen LogP contribution in [-0.4, -0.2) is 26.2 Å². The molecule has 1 amide bonds. The maximum absolute atomic E-state index is 11.5. The molecule has 1 N–H and O–H groups in total. The molecule has 0 radical (unpaired) electrons. The summed E-state index contributed by atoms with van der Waals surface area (Å²) in [6, 6.07) is 0. The van der Waals surface area contributed by atoms with Crippen molar-refractivity contribution in [3.05, 3.63) is 0 Å². The molecular formula is C10H21NO2. The number of nitrogens with one attached hydrogen (secondary N) is 1. The molecule has 0 aliphatic carbocycles. The molecular weight excluding hydrogens is 166 g/mol. The van der Waals surface area contributed by atoms with Gasteiger partial charge in [-0.15, -0.1) is 0 Å². The largest absolute Gasteiger partial charge is 0.385 e. The monoisotopic (exact) mass is 187 g/mol. The Kier molecular flexibility index (Phi) is 5.71. The predicted molar refractivity (Wildman–Crippen MR) is 53.6 cm³/mol. The highest BCUT2D eigenvalue weighted by Crippen LogP contribution is 2.19. The summed E-state index contributed by atoms with van der Waals surface area (Å²) in [7, 11) is 1.66. The molecule has 0 bridgehead atoms. The minimum Gasteiger partial charge on any atom is -0.385 e. The SMILES string of the molecule is CCC(C)(C)C(=O)NCCCOC. The van der Waals surface area contributed by atoms with Gasteiger partial charge in [0.25, 0.3) is 0 Å². The Balaban J connectivity index is 3.62. The van der Waals surface area contributed by atoms with Crippen LogP contribution < -0.4 is 5.32 Å². The molecule has 0 heterocycles. The maximum Gasteiger partial charge on any atom is 0.225 e. The van der Waals surface area contributed by atoms with Gasteiger partial charge in [-0.05, 0) is 12.8 Å². The van der Waals surface area contributed by atoms with Crippen molar-refractivity contribution in [3.63, 3.8) is 0 Å². The van der Waals surface area contributed by atoms with E-state index in [1.54, 1.807) is 7.11 Å². The second-order valence-electron chi connectivity index (χ2n) is 3.84. The van der Waals surface area contributed by atoms with Crippen LogP contribution in [0.3, 0.4) is 0 Å². The first kappa shape index (κ1) is 12.4. The number of amides is 1. The fraction of sp³-hybridized carbons (Fsp3) is 0.900. The van der Waals surface area contributed by atoms with Crippen molar-refractivity contribution in [2.24, 2.45) is 5.41 Å². The van der Waals surface area contributed by atoms with E-state index in [1.807, 2.05) is 20.8 Å². The number of methoxy groups -OCH3 is 1. The van der Waals surface area contributed by atoms with Gasteiger partial charge >= 0.3 is 0 Å². The minimum atomic E-state index is -0.243. The van der Waals surface area contributed by atoms with Crippen LogP contribution in [-0.2, 0) is 9.53 Å². The van der Waals surface area contributed by atoms with E-state index in [0.717, 1.165) is 12.8 Å². The van der Waals surface area contributed by atoms with Crippen LogP contribution in [0, 0.1) is 5.41 Å². The number of carbonyl (C=O) groups is 1. The lowest BCUT2D eigenvalue weighted by Gasteiger charge is -2.21. The van der Waals surface area contributed by atoms with Crippen molar-refractivity contribution < 1.29 is 9.53 Å². The van der Waals surface area contributed by atoms with E-state index in [4.69, 9.17) is 4.74 Å². The van der Waals surface area contributed by atoms with E-state index in [9.17, 15) is 4.79 Å². The summed E-state index contributed by atoms with van der Waals surface area (Å²) in [6.45, 7) is 7.34. The summed E-state index contributed by atoms with van der Waals surface area (Å²) in [5.41, 5.74) is -0.243. The lowest BCUT2D eigenvalue weighted by Crippen LogP contribution is -2.37.